The molecular weight excluding hydrogens is 977 g/mol. The fourth-order valence-corrected chi connectivity index (χ4v) is 9.16. The highest BCUT2D eigenvalue weighted by Gasteiger charge is 2.46. The van der Waals surface area contributed by atoms with Crippen molar-refractivity contribution in [2.24, 2.45) is 0 Å². The maximum Gasteiger partial charge on any atom is 0.481 e. The number of ether oxygens (including phenoxy) is 3. The Morgan fingerprint density at radius 1 is 0.764 bits per heavy atom. The Bertz CT molecular complexity index is 2030. The van der Waals surface area contributed by atoms with E-state index < -0.39 is 95.9 Å². The van der Waals surface area contributed by atoms with E-state index in [9.17, 15) is 53.7 Å². The van der Waals surface area contributed by atoms with Crippen molar-refractivity contribution in [1.82, 2.24) is 9.55 Å². The molecule has 72 heavy (non-hydrogen) atoms. The molecule has 2 rings (SSSR count). The number of nitrogen functional groups attached to an aromatic ring is 1. The Morgan fingerprint density at radius 2 is 1.38 bits per heavy atom. The van der Waals surface area contributed by atoms with Gasteiger partial charge >= 0.3 is 33.3 Å². The molecule has 0 amide bonds. The number of hydrogen-bond donors (Lipinski definition) is 7. The number of hydrogen-bond acceptors (Lipinski definition) is 17. The first-order valence-corrected chi connectivity index (χ1v) is 28.2. The topological polar surface area (TPSA) is 306 Å². The number of carbonyl (C=O) groups excluding carboxylic acids is 2. The van der Waals surface area contributed by atoms with E-state index in [4.69, 9.17) is 29.0 Å². The molecule has 0 bridgehead atoms. The van der Waals surface area contributed by atoms with Crippen LogP contribution < -0.4 is 11.4 Å². The molecule has 9 atom stereocenters. The number of aromatic nitrogens is 2. The zero-order valence-electron chi connectivity index (χ0n) is 41.9. The summed E-state index contributed by atoms with van der Waals surface area (Å²) in [6, 6.07) is 1.23. The van der Waals surface area contributed by atoms with Crippen molar-refractivity contribution in [2.75, 3.05) is 25.6 Å². The third-order valence-corrected chi connectivity index (χ3v) is 13.6. The zero-order valence-corrected chi connectivity index (χ0v) is 43.7. The van der Waals surface area contributed by atoms with Crippen LogP contribution in [0.4, 0.5) is 5.82 Å². The van der Waals surface area contributed by atoms with E-state index in [-0.39, 0.29) is 18.7 Å². The van der Waals surface area contributed by atoms with Gasteiger partial charge in [0.15, 0.2) is 12.3 Å². The van der Waals surface area contributed by atoms with Crippen LogP contribution in [-0.4, -0.2) is 108 Å². The van der Waals surface area contributed by atoms with Crippen LogP contribution in [0.2, 0.25) is 0 Å². The summed E-state index contributed by atoms with van der Waals surface area (Å²) in [6.07, 6.45) is 30.6. The molecule has 0 saturated carbocycles. The van der Waals surface area contributed by atoms with Crippen LogP contribution in [0.3, 0.4) is 0 Å². The van der Waals surface area contributed by atoms with Crippen LogP contribution in [0.5, 0.6) is 0 Å². The summed E-state index contributed by atoms with van der Waals surface area (Å²) in [5.74, 6) is -1.49. The molecule has 0 spiro atoms. The molecule has 2 unspecified atom stereocenters. The van der Waals surface area contributed by atoms with Crippen LogP contribution in [0, 0.1) is 0 Å². The van der Waals surface area contributed by atoms with Crippen molar-refractivity contribution in [2.45, 2.75) is 185 Å². The number of esters is 2. The zero-order chi connectivity index (χ0) is 53.0. The molecule has 1 aromatic rings. The van der Waals surface area contributed by atoms with E-state index in [0.717, 1.165) is 42.9 Å². The van der Waals surface area contributed by atoms with Crippen molar-refractivity contribution in [3.63, 3.8) is 0 Å². The first-order valence-electron chi connectivity index (χ1n) is 25.2. The molecule has 1 fully saturated rings. The summed E-state index contributed by atoms with van der Waals surface area (Å²) in [4.78, 5) is 61.9. The predicted molar refractivity (Wildman–Crippen MR) is 273 cm³/mol. The largest absolute Gasteiger partial charge is 0.481 e. The lowest BCUT2D eigenvalue weighted by atomic mass is 10.0. The number of anilines is 1. The van der Waals surface area contributed by atoms with Gasteiger partial charge in [0.05, 0.1) is 25.4 Å². The van der Waals surface area contributed by atoms with Gasteiger partial charge in [0.1, 0.15) is 30.7 Å². The van der Waals surface area contributed by atoms with Crippen LogP contribution in [0.25, 0.3) is 0 Å². The van der Waals surface area contributed by atoms with Crippen molar-refractivity contribution < 1.29 is 76.5 Å². The number of carbonyl (C=O) groups is 2. The number of nitrogens with zero attached hydrogens (tertiary/aromatic N) is 2. The second kappa shape index (κ2) is 37.8. The molecule has 0 aliphatic carbocycles. The highest BCUT2D eigenvalue weighted by molar-refractivity contribution is 7.61. The number of aliphatic hydroxyl groups is 4. The van der Waals surface area contributed by atoms with Gasteiger partial charge in [-0.2, -0.15) is 9.29 Å². The van der Waals surface area contributed by atoms with Crippen LogP contribution in [0.1, 0.15) is 148 Å². The molecule has 1 aliphatic rings. The summed E-state index contributed by atoms with van der Waals surface area (Å²) in [6.45, 7) is 1.77. The van der Waals surface area contributed by atoms with Gasteiger partial charge in [0.2, 0.25) is 0 Å². The van der Waals surface area contributed by atoms with Crippen molar-refractivity contribution in [1.29, 1.82) is 0 Å². The number of phosphoric ester groups is 2. The maximum absolute atomic E-state index is 12.8. The number of nitrogens with two attached hydrogens (primary N) is 1. The van der Waals surface area contributed by atoms with E-state index in [1.165, 1.54) is 57.4 Å². The fraction of sp³-hybridized carbons (Fsp3) is 0.640. The molecular formula is C50H81N3O17P2. The van der Waals surface area contributed by atoms with Crippen LogP contribution in [-0.2, 0) is 46.3 Å². The second-order valence-electron chi connectivity index (χ2n) is 17.3. The van der Waals surface area contributed by atoms with Gasteiger partial charge in [-0.15, -0.1) is 0 Å². The fourth-order valence-electron chi connectivity index (χ4n) is 7.05. The monoisotopic (exact) mass is 1060 g/mol. The van der Waals surface area contributed by atoms with Crippen molar-refractivity contribution >= 4 is 33.4 Å². The minimum absolute atomic E-state index is 0.00631. The molecule has 0 radical (unpaired) electrons. The lowest BCUT2D eigenvalue weighted by Crippen LogP contribution is -2.36. The van der Waals surface area contributed by atoms with Gasteiger partial charge in [-0.1, -0.05) is 164 Å². The number of unbranched alkanes of at least 4 members (excludes halogenated alkanes) is 13. The molecule has 0 aromatic carbocycles. The molecule has 1 aliphatic heterocycles. The number of allylic oxidation sites excluding steroid dienone is 8. The molecule has 20 nitrogen and oxygen atoms in total. The Balaban J connectivity index is 1.86. The Morgan fingerprint density at radius 3 is 2.01 bits per heavy atom. The van der Waals surface area contributed by atoms with E-state index in [2.05, 4.69) is 16.2 Å². The third-order valence-electron chi connectivity index (χ3n) is 11.0. The highest BCUT2D eigenvalue weighted by Crippen LogP contribution is 2.60. The number of aliphatic hydroxyl groups excluding tert-OH is 4. The molecule has 22 heteroatoms. The smallest absolute Gasteiger partial charge is 0.462 e. The summed E-state index contributed by atoms with van der Waals surface area (Å²) in [5, 5.41) is 41.0. The summed E-state index contributed by atoms with van der Waals surface area (Å²) in [7, 11) is -10.9. The van der Waals surface area contributed by atoms with Crippen molar-refractivity contribution in [3.8, 4) is 0 Å². The van der Waals surface area contributed by atoms with Crippen molar-refractivity contribution in [3.05, 3.63) is 95.7 Å². The van der Waals surface area contributed by atoms with Gasteiger partial charge in [0, 0.05) is 19.0 Å². The first-order chi connectivity index (χ1) is 34.5. The van der Waals surface area contributed by atoms with Gasteiger partial charge in [-0.25, -0.2) is 13.9 Å². The molecule has 1 aromatic heterocycles. The average Bonchev–Trinajstić information content (AvgIpc) is 3.61. The SMILES string of the molecule is CC/C=C\C[C@@H](O)/C=C/C=C\C/C=C\C=C\[C@@H](O)/C=C\CCCC(=O)OC[C@H](COP(=O)(O)OP(=O)(O)OC[C@H]1O[C@@H](n2ccc(N)nc2=O)[C@H](O)[C@@H]1O)OC(=O)CCCCCCCCCCCCCCC. The van der Waals surface area contributed by atoms with E-state index >= 15 is 0 Å². The van der Waals surface area contributed by atoms with Crippen LogP contribution in [0.15, 0.2) is 90.0 Å². The molecule has 408 valence electrons. The highest BCUT2D eigenvalue weighted by atomic mass is 31.3. The van der Waals surface area contributed by atoms with Gasteiger partial charge in [0.25, 0.3) is 0 Å². The second-order valence-corrected chi connectivity index (χ2v) is 20.4. The molecule has 8 N–H and O–H groups in total. The Labute approximate surface area is 424 Å². The summed E-state index contributed by atoms with van der Waals surface area (Å²) in [5.41, 5.74) is 4.56. The third kappa shape index (κ3) is 30.3. The molecule has 1 saturated heterocycles. The van der Waals surface area contributed by atoms with E-state index in [1.807, 2.05) is 37.3 Å². The first kappa shape index (κ1) is 64.2. The Hall–Kier alpha value is -3.88. The predicted octanol–water partition coefficient (Wildman–Crippen LogP) is 8.05. The normalized spacial score (nSPS) is 20.6. The van der Waals surface area contributed by atoms with E-state index in [1.54, 1.807) is 42.5 Å². The number of phosphoric acid groups is 2. The minimum atomic E-state index is -5.46. The summed E-state index contributed by atoms with van der Waals surface area (Å²) < 4.78 is 56.6. The standard InChI is InChI=1S/C50H81N3O17P2/c1-3-5-7-8-9-10-11-12-13-14-18-21-27-34-46(57)68-42(37-65-45(56)33-28-22-26-32-41(55)31-25-20-17-15-16-19-24-30-40(54)29-23-6-4-2)38-66-71(61,62)70-72(63,64)67-39-43-47(58)48(59)49(69-43)53-36-35-44(51)52-50(53)60/h6,16-17,19-20,23-26,30-32,35-36,40-43,47-49,54-55,58-59H,3-5,7-15,18,21-22,27-29,33-34,37-39H2,1-2H3,(H,61,62)(H,63,64)(H2,51,52,60)/b19-16-,20-17-,23-6-,30-24+,31-25+,32-26-/t40-,41-,42-,43-,47-,48-,49-/m1/s1. The Kier molecular flexibility index (Phi) is 33.7. The van der Waals surface area contributed by atoms with Gasteiger partial charge in [-0.05, 0) is 44.6 Å². The number of rotatable bonds is 40. The van der Waals surface area contributed by atoms with Gasteiger partial charge in [-0.3, -0.25) is 23.2 Å². The quantitative estimate of drug-likeness (QED) is 0.0107. The minimum Gasteiger partial charge on any atom is -0.462 e. The summed E-state index contributed by atoms with van der Waals surface area (Å²) >= 11 is 0. The lowest BCUT2D eigenvalue weighted by molar-refractivity contribution is -0.161. The lowest BCUT2D eigenvalue weighted by Gasteiger charge is -2.21. The average molecular weight is 1060 g/mol. The van der Waals surface area contributed by atoms with E-state index in [0.29, 0.717) is 32.1 Å². The molecule has 2 heterocycles. The van der Waals surface area contributed by atoms with Gasteiger partial charge < -0.3 is 50.2 Å². The maximum atomic E-state index is 12.8. The van der Waals surface area contributed by atoms with Crippen LogP contribution >= 0.6 is 15.6 Å².